The van der Waals surface area contributed by atoms with Crippen LogP contribution in [0.2, 0.25) is 0 Å². The van der Waals surface area contributed by atoms with E-state index in [-0.39, 0.29) is 35.8 Å². The number of fused-ring (bicyclic) bond motifs is 1. The Kier molecular flexibility index (Phi) is 10.7. The van der Waals surface area contributed by atoms with Gasteiger partial charge in [-0.25, -0.2) is 9.37 Å². The Labute approximate surface area is 208 Å². The fourth-order valence-electron chi connectivity index (χ4n) is 3.00. The molecule has 1 unspecified atom stereocenters. The second kappa shape index (κ2) is 14.2. The van der Waals surface area contributed by atoms with E-state index >= 15 is 0 Å². The summed E-state index contributed by atoms with van der Waals surface area (Å²) in [6.07, 6.45) is 2.61. The van der Waals surface area contributed by atoms with Crippen molar-refractivity contribution < 1.29 is 23.0 Å². The smallest absolute Gasteiger partial charge is 0.280 e. The molecule has 0 bridgehead atoms. The van der Waals surface area contributed by atoms with Gasteiger partial charge in [0.15, 0.2) is 19.5 Å². The maximum absolute atomic E-state index is 13.2. The molecular formula is C24H27FN5O5P. The summed E-state index contributed by atoms with van der Waals surface area (Å²) in [7, 11) is -1.27. The molecule has 1 atom stereocenters. The number of nitrogen functional groups attached to an aromatic ring is 1. The summed E-state index contributed by atoms with van der Waals surface area (Å²) in [5, 5.41) is 0. The molecule has 3 N–H and O–H groups in total. The van der Waals surface area contributed by atoms with Gasteiger partial charge in [-0.05, 0) is 24.6 Å². The van der Waals surface area contributed by atoms with Crippen LogP contribution in [0.15, 0.2) is 65.7 Å². The summed E-state index contributed by atoms with van der Waals surface area (Å²) in [4.78, 5) is 32.3. The molecule has 2 heterocycles. The summed E-state index contributed by atoms with van der Waals surface area (Å²) in [6.45, 7) is 3.37. The number of hydrogen-bond donors (Lipinski definition) is 2. The first-order valence-corrected chi connectivity index (χ1v) is 12.4. The molecule has 2 aromatic carbocycles. The van der Waals surface area contributed by atoms with Crippen molar-refractivity contribution in [1.82, 2.24) is 19.5 Å². The van der Waals surface area contributed by atoms with Crippen molar-refractivity contribution in [2.45, 2.75) is 20.1 Å². The number of nitrogens with one attached hydrogen (secondary N) is 1. The third-order valence-electron chi connectivity index (χ3n) is 4.64. The largest absolute Gasteiger partial charge is 0.370 e. The Hall–Kier alpha value is -3.50. The number of nitrogens with zero attached hydrogens (tertiary/aromatic N) is 3. The minimum absolute atomic E-state index is 0.0331. The standard InChI is InChI=1S/C17H21FN5O4P.C7H6O/c1-2-26-28(27-9-12-4-3-5-13(18)8-12)11-25-7-6-23-10-20-14-15(23)21-17(19)22-16(14)24;8-6-7-4-2-1-3-5-7/h3-5,8,10H,2,6-7,9,11H2,1H3,(H3,19,21,22,24);1-6H. The van der Waals surface area contributed by atoms with Gasteiger partial charge in [-0.2, -0.15) is 4.98 Å². The maximum Gasteiger partial charge on any atom is 0.280 e. The summed E-state index contributed by atoms with van der Waals surface area (Å²) in [6, 6.07) is 15.3. The molecule has 4 rings (SSSR count). The van der Waals surface area contributed by atoms with Crippen LogP contribution in [0.25, 0.3) is 11.2 Å². The number of rotatable bonds is 11. The fraction of sp³-hybridized carbons (Fsp3) is 0.250. The zero-order valence-electron chi connectivity index (χ0n) is 19.7. The minimum atomic E-state index is -1.27. The molecule has 0 spiro atoms. The van der Waals surface area contributed by atoms with E-state index in [2.05, 4.69) is 15.0 Å². The van der Waals surface area contributed by atoms with Gasteiger partial charge in [-0.3, -0.25) is 14.6 Å². The van der Waals surface area contributed by atoms with Crippen LogP contribution in [-0.4, -0.2) is 45.4 Å². The van der Waals surface area contributed by atoms with E-state index in [0.717, 1.165) is 17.4 Å². The monoisotopic (exact) mass is 515 g/mol. The number of nitrogens with two attached hydrogens (primary N) is 1. The van der Waals surface area contributed by atoms with E-state index in [0.29, 0.717) is 25.4 Å². The van der Waals surface area contributed by atoms with Crippen molar-refractivity contribution in [1.29, 1.82) is 0 Å². The molecule has 12 heteroatoms. The van der Waals surface area contributed by atoms with E-state index in [9.17, 15) is 14.0 Å². The molecule has 10 nitrogen and oxygen atoms in total. The predicted molar refractivity (Wildman–Crippen MR) is 135 cm³/mol. The minimum Gasteiger partial charge on any atom is -0.370 e. The van der Waals surface area contributed by atoms with Gasteiger partial charge < -0.3 is 24.1 Å². The molecule has 190 valence electrons. The van der Waals surface area contributed by atoms with E-state index in [1.165, 1.54) is 18.5 Å². The van der Waals surface area contributed by atoms with Crippen LogP contribution in [0, 0.1) is 5.82 Å². The number of aromatic amines is 1. The van der Waals surface area contributed by atoms with Gasteiger partial charge in [0.25, 0.3) is 5.56 Å². The maximum atomic E-state index is 13.2. The van der Waals surface area contributed by atoms with Crippen LogP contribution in [0.3, 0.4) is 0 Å². The first-order valence-electron chi connectivity index (χ1n) is 11.1. The fourth-order valence-corrected chi connectivity index (χ4v) is 4.08. The lowest BCUT2D eigenvalue weighted by Crippen LogP contribution is -2.13. The Morgan fingerprint density at radius 3 is 2.67 bits per heavy atom. The Bertz CT molecular complexity index is 1300. The predicted octanol–water partition coefficient (Wildman–Crippen LogP) is 3.88. The zero-order chi connectivity index (χ0) is 25.8. The number of imidazole rings is 1. The van der Waals surface area contributed by atoms with Gasteiger partial charge in [-0.15, -0.1) is 0 Å². The van der Waals surface area contributed by atoms with E-state index < -0.39 is 8.38 Å². The molecule has 36 heavy (non-hydrogen) atoms. The molecule has 0 saturated heterocycles. The molecule has 0 aliphatic heterocycles. The molecule has 0 fully saturated rings. The first-order chi connectivity index (χ1) is 17.5. The lowest BCUT2D eigenvalue weighted by atomic mass is 10.2. The average molecular weight is 515 g/mol. The molecular weight excluding hydrogens is 488 g/mol. The number of carbonyl (C=O) groups is 1. The van der Waals surface area contributed by atoms with Gasteiger partial charge in [0, 0.05) is 12.1 Å². The quantitative estimate of drug-likeness (QED) is 0.175. The Morgan fingerprint density at radius 2 is 1.97 bits per heavy atom. The molecule has 0 aliphatic carbocycles. The van der Waals surface area contributed by atoms with Crippen molar-refractivity contribution in [3.05, 3.63) is 88.2 Å². The summed E-state index contributed by atoms with van der Waals surface area (Å²) >= 11 is 0. The van der Waals surface area contributed by atoms with Gasteiger partial charge in [0.05, 0.1) is 26.1 Å². The third-order valence-corrected chi connectivity index (χ3v) is 6.00. The van der Waals surface area contributed by atoms with E-state index in [4.69, 9.17) is 19.5 Å². The van der Waals surface area contributed by atoms with Gasteiger partial charge in [-0.1, -0.05) is 42.5 Å². The zero-order valence-corrected chi connectivity index (χ0v) is 20.6. The Balaban J connectivity index is 0.000000383. The number of hydrogen-bond acceptors (Lipinski definition) is 8. The number of benzene rings is 2. The number of aldehydes is 1. The second-order valence-electron chi connectivity index (χ2n) is 7.28. The molecule has 0 saturated carbocycles. The van der Waals surface area contributed by atoms with Crippen molar-refractivity contribution in [2.75, 3.05) is 25.3 Å². The highest BCUT2D eigenvalue weighted by atomic mass is 31.2. The molecule has 0 radical (unpaired) electrons. The Morgan fingerprint density at radius 1 is 1.17 bits per heavy atom. The van der Waals surface area contributed by atoms with Gasteiger partial charge in [0.1, 0.15) is 18.5 Å². The van der Waals surface area contributed by atoms with Gasteiger partial charge in [0.2, 0.25) is 5.95 Å². The SMILES string of the molecule is CCOP(COCCn1cnc2c(=O)[nH]c(N)nc21)OCc1cccc(F)c1.O=Cc1ccccc1. The first kappa shape index (κ1) is 27.1. The van der Waals surface area contributed by atoms with E-state index in [1.807, 2.05) is 25.1 Å². The molecule has 0 aliphatic rings. The molecule has 0 amide bonds. The normalized spacial score (nSPS) is 11.6. The second-order valence-corrected chi connectivity index (χ2v) is 8.72. The molecule has 2 aromatic heterocycles. The van der Waals surface area contributed by atoms with Crippen molar-refractivity contribution in [3.8, 4) is 0 Å². The van der Waals surface area contributed by atoms with Crippen LogP contribution >= 0.6 is 8.38 Å². The topological polar surface area (TPSA) is 134 Å². The van der Waals surface area contributed by atoms with Crippen molar-refractivity contribution in [2.24, 2.45) is 0 Å². The number of anilines is 1. The van der Waals surface area contributed by atoms with Crippen LogP contribution in [0.5, 0.6) is 0 Å². The number of H-pyrrole nitrogens is 1. The number of halogens is 1. The highest BCUT2D eigenvalue weighted by molar-refractivity contribution is 7.46. The summed E-state index contributed by atoms with van der Waals surface area (Å²) < 4.78 is 31.9. The van der Waals surface area contributed by atoms with Crippen molar-refractivity contribution >= 4 is 31.8 Å². The van der Waals surface area contributed by atoms with E-state index in [1.54, 1.807) is 28.8 Å². The third kappa shape index (κ3) is 8.31. The van der Waals surface area contributed by atoms with Crippen molar-refractivity contribution in [3.63, 3.8) is 0 Å². The van der Waals surface area contributed by atoms with Crippen LogP contribution in [-0.2, 0) is 26.9 Å². The number of carbonyl (C=O) groups excluding carboxylic acids is 1. The molecule has 4 aromatic rings. The number of ether oxygens (including phenoxy) is 1. The van der Waals surface area contributed by atoms with Gasteiger partial charge >= 0.3 is 0 Å². The summed E-state index contributed by atoms with van der Waals surface area (Å²) in [5.41, 5.74) is 7.28. The lowest BCUT2D eigenvalue weighted by molar-refractivity contribution is 0.112. The van der Waals surface area contributed by atoms with Crippen LogP contribution in [0.4, 0.5) is 10.3 Å². The number of aromatic nitrogens is 4. The highest BCUT2D eigenvalue weighted by Gasteiger charge is 2.12. The summed E-state index contributed by atoms with van der Waals surface area (Å²) in [5.74, 6) is -0.274. The van der Waals surface area contributed by atoms with Crippen LogP contribution < -0.4 is 11.3 Å². The highest BCUT2D eigenvalue weighted by Crippen LogP contribution is 2.39. The lowest BCUT2D eigenvalue weighted by Gasteiger charge is -2.17. The average Bonchev–Trinajstić information content (AvgIpc) is 3.29. The van der Waals surface area contributed by atoms with Crippen LogP contribution in [0.1, 0.15) is 22.8 Å².